The second kappa shape index (κ2) is 6.93. The van der Waals surface area contributed by atoms with E-state index in [-0.39, 0.29) is 5.56 Å². The van der Waals surface area contributed by atoms with Crippen molar-refractivity contribution in [2.45, 2.75) is 39.0 Å². The standard InChI is InChI=1S/C15H21ClN2O2/c1-2-4-11-5-3-7-18(8-6-11)14-13(16)9-12(10-17-14)15(19)20/h9-11H,2-8H2,1H3,(H,19,20). The maximum atomic E-state index is 10.9. The molecule has 1 atom stereocenters. The van der Waals surface area contributed by atoms with E-state index >= 15 is 0 Å². The van der Waals surface area contributed by atoms with Crippen LogP contribution in [-0.4, -0.2) is 29.1 Å². The normalized spacial score (nSPS) is 19.7. The molecule has 0 aliphatic carbocycles. The van der Waals surface area contributed by atoms with E-state index in [2.05, 4.69) is 16.8 Å². The molecule has 1 fully saturated rings. The number of carbonyl (C=O) groups is 1. The summed E-state index contributed by atoms with van der Waals surface area (Å²) in [5.74, 6) is 0.515. The van der Waals surface area contributed by atoms with Gasteiger partial charge in [-0.2, -0.15) is 0 Å². The molecule has 1 aromatic heterocycles. The van der Waals surface area contributed by atoms with E-state index < -0.39 is 5.97 Å². The maximum Gasteiger partial charge on any atom is 0.337 e. The largest absolute Gasteiger partial charge is 0.478 e. The van der Waals surface area contributed by atoms with E-state index in [0.29, 0.717) is 10.8 Å². The Morgan fingerprint density at radius 2 is 2.30 bits per heavy atom. The van der Waals surface area contributed by atoms with Gasteiger partial charge in [-0.25, -0.2) is 9.78 Å². The SMILES string of the molecule is CCCC1CCCN(c2ncc(C(=O)O)cc2Cl)CC1. The summed E-state index contributed by atoms with van der Waals surface area (Å²) in [5.41, 5.74) is 0.137. The number of hydrogen-bond acceptors (Lipinski definition) is 3. The van der Waals surface area contributed by atoms with Crippen molar-refractivity contribution in [3.8, 4) is 0 Å². The molecule has 110 valence electrons. The number of carboxylic acid groups (broad SMARTS) is 1. The molecule has 20 heavy (non-hydrogen) atoms. The smallest absolute Gasteiger partial charge is 0.337 e. The van der Waals surface area contributed by atoms with Crippen molar-refractivity contribution < 1.29 is 9.90 Å². The molecule has 1 saturated heterocycles. The van der Waals surface area contributed by atoms with Crippen molar-refractivity contribution in [2.24, 2.45) is 5.92 Å². The Labute approximate surface area is 124 Å². The summed E-state index contributed by atoms with van der Waals surface area (Å²) in [5, 5.41) is 9.37. The van der Waals surface area contributed by atoms with Crippen molar-refractivity contribution >= 4 is 23.4 Å². The Kier molecular flexibility index (Phi) is 5.24. The van der Waals surface area contributed by atoms with Gasteiger partial charge in [-0.05, 0) is 31.2 Å². The second-order valence-electron chi connectivity index (χ2n) is 5.41. The first kappa shape index (κ1) is 15.1. The Morgan fingerprint density at radius 3 is 2.95 bits per heavy atom. The Bertz CT molecular complexity index is 479. The highest BCUT2D eigenvalue weighted by atomic mass is 35.5. The van der Waals surface area contributed by atoms with Gasteiger partial charge in [0.1, 0.15) is 5.82 Å². The van der Waals surface area contributed by atoms with Gasteiger partial charge in [0, 0.05) is 19.3 Å². The van der Waals surface area contributed by atoms with E-state index in [1.807, 2.05) is 0 Å². The van der Waals surface area contributed by atoms with E-state index in [9.17, 15) is 4.79 Å². The molecule has 0 aromatic carbocycles. The van der Waals surface area contributed by atoms with Crippen LogP contribution in [0.25, 0.3) is 0 Å². The lowest BCUT2D eigenvalue weighted by Gasteiger charge is -2.22. The third-order valence-electron chi connectivity index (χ3n) is 3.91. The van der Waals surface area contributed by atoms with Crippen molar-refractivity contribution in [3.63, 3.8) is 0 Å². The lowest BCUT2D eigenvalue weighted by atomic mass is 9.96. The van der Waals surface area contributed by atoms with Crippen LogP contribution in [0.3, 0.4) is 0 Å². The first-order chi connectivity index (χ1) is 9.61. The van der Waals surface area contributed by atoms with E-state index in [1.165, 1.54) is 31.5 Å². The number of rotatable bonds is 4. The zero-order valence-electron chi connectivity index (χ0n) is 11.8. The van der Waals surface area contributed by atoms with Gasteiger partial charge in [0.25, 0.3) is 0 Å². The van der Waals surface area contributed by atoms with Gasteiger partial charge in [0.2, 0.25) is 0 Å². The first-order valence-corrected chi connectivity index (χ1v) is 7.63. The monoisotopic (exact) mass is 296 g/mol. The molecular weight excluding hydrogens is 276 g/mol. The summed E-state index contributed by atoms with van der Waals surface area (Å²) in [4.78, 5) is 17.3. The van der Waals surface area contributed by atoms with Gasteiger partial charge in [0.15, 0.2) is 0 Å². The summed E-state index contributed by atoms with van der Waals surface area (Å²) in [6.07, 6.45) is 7.47. The number of anilines is 1. The van der Waals surface area contributed by atoms with Crippen LogP contribution in [0.5, 0.6) is 0 Å². The van der Waals surface area contributed by atoms with Crippen LogP contribution >= 0.6 is 11.6 Å². The molecule has 1 unspecified atom stereocenters. The number of hydrogen-bond donors (Lipinski definition) is 1. The van der Waals surface area contributed by atoms with Gasteiger partial charge in [0.05, 0.1) is 10.6 Å². The van der Waals surface area contributed by atoms with Crippen LogP contribution < -0.4 is 4.90 Å². The highest BCUT2D eigenvalue weighted by Gasteiger charge is 2.20. The Hall–Kier alpha value is -1.29. The lowest BCUT2D eigenvalue weighted by molar-refractivity contribution is 0.0696. The van der Waals surface area contributed by atoms with Gasteiger partial charge >= 0.3 is 5.97 Å². The van der Waals surface area contributed by atoms with Crippen LogP contribution in [0.4, 0.5) is 5.82 Å². The fourth-order valence-electron chi connectivity index (χ4n) is 2.85. The molecule has 2 heterocycles. The molecule has 1 N–H and O–H groups in total. The zero-order chi connectivity index (χ0) is 14.5. The van der Waals surface area contributed by atoms with Crippen molar-refractivity contribution in [1.29, 1.82) is 0 Å². The number of aromatic carboxylic acids is 1. The highest BCUT2D eigenvalue weighted by Crippen LogP contribution is 2.29. The van der Waals surface area contributed by atoms with Gasteiger partial charge in [-0.1, -0.05) is 31.4 Å². The Balaban J connectivity index is 2.09. The summed E-state index contributed by atoms with van der Waals surface area (Å²) in [6, 6.07) is 1.49. The summed E-state index contributed by atoms with van der Waals surface area (Å²) in [7, 11) is 0. The molecule has 0 spiro atoms. The number of halogens is 1. The van der Waals surface area contributed by atoms with Crippen LogP contribution in [-0.2, 0) is 0 Å². The summed E-state index contributed by atoms with van der Waals surface area (Å²) >= 11 is 6.19. The molecular formula is C15H21ClN2O2. The van der Waals surface area contributed by atoms with Crippen LogP contribution in [0.1, 0.15) is 49.4 Å². The average Bonchev–Trinajstić information content (AvgIpc) is 2.65. The number of nitrogens with zero attached hydrogens (tertiary/aromatic N) is 2. The third kappa shape index (κ3) is 3.63. The molecule has 0 radical (unpaired) electrons. The van der Waals surface area contributed by atoms with Gasteiger partial charge in [-0.3, -0.25) is 0 Å². The predicted molar refractivity (Wildman–Crippen MR) is 80.7 cm³/mol. The summed E-state index contributed by atoms with van der Waals surface area (Å²) in [6.45, 7) is 4.12. The molecule has 0 amide bonds. The van der Waals surface area contributed by atoms with Crippen LogP contribution in [0, 0.1) is 5.92 Å². The van der Waals surface area contributed by atoms with Gasteiger partial charge < -0.3 is 10.0 Å². The average molecular weight is 297 g/mol. The molecule has 4 nitrogen and oxygen atoms in total. The minimum Gasteiger partial charge on any atom is -0.478 e. The second-order valence-corrected chi connectivity index (χ2v) is 5.81. The lowest BCUT2D eigenvalue weighted by Crippen LogP contribution is -2.25. The fourth-order valence-corrected chi connectivity index (χ4v) is 3.14. The quantitative estimate of drug-likeness (QED) is 0.917. The number of pyridine rings is 1. The first-order valence-electron chi connectivity index (χ1n) is 7.25. The van der Waals surface area contributed by atoms with Gasteiger partial charge in [-0.15, -0.1) is 0 Å². The zero-order valence-corrected chi connectivity index (χ0v) is 12.6. The summed E-state index contributed by atoms with van der Waals surface area (Å²) < 4.78 is 0. The molecule has 0 bridgehead atoms. The molecule has 1 aromatic rings. The molecule has 1 aliphatic rings. The number of aromatic nitrogens is 1. The minimum atomic E-state index is -0.996. The van der Waals surface area contributed by atoms with Crippen LogP contribution in [0.15, 0.2) is 12.3 Å². The Morgan fingerprint density at radius 1 is 1.50 bits per heavy atom. The predicted octanol–water partition coefficient (Wildman–Crippen LogP) is 3.84. The number of carboxylic acids is 1. The van der Waals surface area contributed by atoms with E-state index in [4.69, 9.17) is 16.7 Å². The van der Waals surface area contributed by atoms with Crippen molar-refractivity contribution in [1.82, 2.24) is 4.98 Å². The van der Waals surface area contributed by atoms with Crippen LogP contribution in [0.2, 0.25) is 5.02 Å². The molecule has 1 aliphatic heterocycles. The van der Waals surface area contributed by atoms with Crippen molar-refractivity contribution in [3.05, 3.63) is 22.8 Å². The topological polar surface area (TPSA) is 53.4 Å². The molecule has 5 heteroatoms. The van der Waals surface area contributed by atoms with E-state index in [0.717, 1.165) is 31.8 Å². The minimum absolute atomic E-state index is 0.137. The van der Waals surface area contributed by atoms with E-state index in [1.54, 1.807) is 0 Å². The maximum absolute atomic E-state index is 10.9. The fraction of sp³-hybridized carbons (Fsp3) is 0.600. The molecule has 2 rings (SSSR count). The highest BCUT2D eigenvalue weighted by molar-refractivity contribution is 6.33. The van der Waals surface area contributed by atoms with Crippen molar-refractivity contribution in [2.75, 3.05) is 18.0 Å². The third-order valence-corrected chi connectivity index (χ3v) is 4.19. The molecule has 0 saturated carbocycles.